The van der Waals surface area contributed by atoms with E-state index in [1.165, 1.54) is 6.33 Å². The van der Waals surface area contributed by atoms with E-state index in [0.29, 0.717) is 24.1 Å². The SMILES string of the molecule is CCC(C)(C)C(=O)OCOP(=O)(CO[C@H](C)Cn1cnc2c(N)ncnc21)OCOC(=O)C(C)(C)C. The lowest BCUT2D eigenvalue weighted by Crippen LogP contribution is -2.27. The molecule has 0 saturated heterocycles. The predicted octanol–water partition coefficient (Wildman–Crippen LogP) is 3.48. The lowest BCUT2D eigenvalue weighted by Gasteiger charge is -2.24. The standard InChI is InChI=1S/C22H36N5O8P/c1-8-22(6,7)20(29)32-13-35-36(30,34-12-31-19(28)21(3,4)5)14-33-15(2)9-27-11-26-16-17(23)24-10-25-18(16)27/h10-11,15H,8-9,12-14H2,1-7H3,(H2,23,24,25)/t15-,36?/m1/s1. The van der Waals surface area contributed by atoms with Crippen molar-refractivity contribution in [1.82, 2.24) is 19.5 Å². The van der Waals surface area contributed by atoms with Gasteiger partial charge in [0.15, 0.2) is 11.5 Å². The molecule has 0 aliphatic rings. The van der Waals surface area contributed by atoms with Crippen LogP contribution in [0, 0.1) is 10.8 Å². The smallest absolute Gasteiger partial charge is 0.361 e. The van der Waals surface area contributed by atoms with Crippen LogP contribution in [0.2, 0.25) is 0 Å². The number of hydrogen-bond acceptors (Lipinski definition) is 12. The Labute approximate surface area is 210 Å². The first-order valence-corrected chi connectivity index (χ1v) is 13.2. The van der Waals surface area contributed by atoms with Crippen molar-refractivity contribution in [2.24, 2.45) is 10.8 Å². The molecule has 0 bridgehead atoms. The fourth-order valence-corrected chi connectivity index (χ4v) is 3.66. The maximum Gasteiger partial charge on any atom is 0.361 e. The molecule has 2 heterocycles. The second-order valence-electron chi connectivity index (χ2n) is 9.89. The zero-order chi connectivity index (χ0) is 27.1. The van der Waals surface area contributed by atoms with Crippen molar-refractivity contribution in [3.05, 3.63) is 12.7 Å². The van der Waals surface area contributed by atoms with E-state index in [-0.39, 0.29) is 5.82 Å². The van der Waals surface area contributed by atoms with E-state index in [2.05, 4.69) is 15.0 Å². The molecule has 0 amide bonds. The topological polar surface area (TPSA) is 167 Å². The van der Waals surface area contributed by atoms with Crippen LogP contribution in [0.15, 0.2) is 12.7 Å². The van der Waals surface area contributed by atoms with Gasteiger partial charge in [-0.1, -0.05) is 6.92 Å². The molecule has 2 N–H and O–H groups in total. The summed E-state index contributed by atoms with van der Waals surface area (Å²) in [6.07, 6.45) is 2.45. The van der Waals surface area contributed by atoms with E-state index < -0.39 is 56.4 Å². The number of ether oxygens (including phenoxy) is 3. The Bertz CT molecular complexity index is 1100. The van der Waals surface area contributed by atoms with E-state index in [0.717, 1.165) is 0 Å². The maximum atomic E-state index is 13.3. The van der Waals surface area contributed by atoms with Crippen LogP contribution in [-0.4, -0.2) is 57.5 Å². The van der Waals surface area contributed by atoms with Crippen LogP contribution < -0.4 is 5.73 Å². The van der Waals surface area contributed by atoms with Crippen molar-refractivity contribution < 1.29 is 37.4 Å². The minimum absolute atomic E-state index is 0.254. The molecule has 0 aromatic carbocycles. The number of nitrogens with two attached hydrogens (primary N) is 1. The Kier molecular flexibility index (Phi) is 9.95. The molecular formula is C22H36N5O8P. The third-order valence-corrected chi connectivity index (χ3v) is 6.79. The molecule has 202 valence electrons. The molecule has 0 saturated carbocycles. The number of nitrogen functional groups attached to an aromatic ring is 1. The quantitative estimate of drug-likeness (QED) is 0.228. The monoisotopic (exact) mass is 529 g/mol. The molecule has 0 aliphatic heterocycles. The van der Waals surface area contributed by atoms with Gasteiger partial charge in [0, 0.05) is 0 Å². The third-order valence-electron chi connectivity index (χ3n) is 5.33. The van der Waals surface area contributed by atoms with Gasteiger partial charge in [0.05, 0.1) is 29.8 Å². The molecule has 36 heavy (non-hydrogen) atoms. The highest BCUT2D eigenvalue weighted by molar-refractivity contribution is 7.53. The average molecular weight is 530 g/mol. The first-order valence-electron chi connectivity index (χ1n) is 11.4. The molecule has 2 rings (SSSR count). The van der Waals surface area contributed by atoms with Crippen molar-refractivity contribution in [3.8, 4) is 0 Å². The number of hydrogen-bond donors (Lipinski definition) is 1. The largest absolute Gasteiger partial charge is 0.438 e. The number of carbonyl (C=O) groups is 2. The number of nitrogens with zero attached hydrogens (tertiary/aromatic N) is 4. The van der Waals surface area contributed by atoms with E-state index in [1.54, 1.807) is 52.4 Å². The van der Waals surface area contributed by atoms with Crippen LogP contribution in [0.4, 0.5) is 5.82 Å². The lowest BCUT2D eigenvalue weighted by molar-refractivity contribution is -0.163. The summed E-state index contributed by atoms with van der Waals surface area (Å²) in [4.78, 5) is 36.5. The Hall–Kier alpha value is -2.60. The average Bonchev–Trinajstić information content (AvgIpc) is 3.21. The van der Waals surface area contributed by atoms with Crippen LogP contribution in [-0.2, 0) is 44.0 Å². The second kappa shape index (κ2) is 12.1. The van der Waals surface area contributed by atoms with Crippen molar-refractivity contribution in [1.29, 1.82) is 0 Å². The molecule has 0 spiro atoms. The van der Waals surface area contributed by atoms with Crippen molar-refractivity contribution in [3.63, 3.8) is 0 Å². The summed E-state index contributed by atoms with van der Waals surface area (Å²) in [5.74, 6) is -0.810. The number of anilines is 1. The number of fused-ring (bicyclic) bond motifs is 1. The third kappa shape index (κ3) is 8.22. The van der Waals surface area contributed by atoms with Gasteiger partial charge in [0.2, 0.25) is 13.6 Å². The molecule has 2 aromatic rings. The normalized spacial score (nSPS) is 14.9. The molecule has 2 aromatic heterocycles. The minimum atomic E-state index is -3.99. The summed E-state index contributed by atoms with van der Waals surface area (Å²) >= 11 is 0. The zero-order valence-electron chi connectivity index (χ0n) is 21.8. The number of rotatable bonds is 13. The Morgan fingerprint density at radius 1 is 1.06 bits per heavy atom. The molecule has 13 nitrogen and oxygen atoms in total. The molecule has 14 heteroatoms. The molecule has 0 radical (unpaired) electrons. The Morgan fingerprint density at radius 3 is 2.25 bits per heavy atom. The van der Waals surface area contributed by atoms with Gasteiger partial charge >= 0.3 is 19.5 Å². The summed E-state index contributed by atoms with van der Waals surface area (Å²) in [6, 6.07) is 0. The predicted molar refractivity (Wildman–Crippen MR) is 130 cm³/mol. The lowest BCUT2D eigenvalue weighted by atomic mass is 9.91. The summed E-state index contributed by atoms with van der Waals surface area (Å²) in [6.45, 7) is 11.1. The Morgan fingerprint density at radius 2 is 1.67 bits per heavy atom. The molecule has 0 aliphatic carbocycles. The molecule has 2 atom stereocenters. The number of carbonyl (C=O) groups excluding carboxylic acids is 2. The van der Waals surface area contributed by atoms with Crippen LogP contribution >= 0.6 is 7.60 Å². The summed E-state index contributed by atoms with van der Waals surface area (Å²) in [5, 5.41) is 0. The first-order chi connectivity index (χ1) is 16.7. The van der Waals surface area contributed by atoms with Gasteiger partial charge in [-0.05, 0) is 48.0 Å². The minimum Gasteiger partial charge on any atom is -0.438 e. The van der Waals surface area contributed by atoms with Gasteiger partial charge in [-0.2, -0.15) is 0 Å². The summed E-state index contributed by atoms with van der Waals surface area (Å²) in [5.41, 5.74) is 5.28. The number of esters is 2. The van der Waals surface area contributed by atoms with Gasteiger partial charge in [-0.25, -0.2) is 15.0 Å². The summed E-state index contributed by atoms with van der Waals surface area (Å²) in [7, 11) is -3.99. The number of aromatic nitrogens is 4. The van der Waals surface area contributed by atoms with Gasteiger partial charge in [0.1, 0.15) is 18.2 Å². The highest BCUT2D eigenvalue weighted by Gasteiger charge is 2.32. The highest BCUT2D eigenvalue weighted by Crippen LogP contribution is 2.48. The summed E-state index contributed by atoms with van der Waals surface area (Å²) < 4.78 is 41.5. The molecule has 0 fully saturated rings. The fourth-order valence-electron chi connectivity index (χ4n) is 2.57. The zero-order valence-corrected chi connectivity index (χ0v) is 22.7. The molecule has 1 unspecified atom stereocenters. The van der Waals surface area contributed by atoms with E-state index in [1.807, 2.05) is 6.92 Å². The van der Waals surface area contributed by atoms with Gasteiger partial charge in [-0.3, -0.25) is 23.2 Å². The van der Waals surface area contributed by atoms with Crippen molar-refractivity contribution >= 4 is 36.5 Å². The van der Waals surface area contributed by atoms with Crippen LogP contribution in [0.1, 0.15) is 54.9 Å². The Balaban J connectivity index is 2.01. The van der Waals surface area contributed by atoms with Crippen molar-refractivity contribution in [2.45, 2.75) is 67.5 Å². The maximum absolute atomic E-state index is 13.3. The van der Waals surface area contributed by atoms with E-state index in [9.17, 15) is 14.2 Å². The first kappa shape index (κ1) is 29.6. The van der Waals surface area contributed by atoms with Crippen molar-refractivity contribution in [2.75, 3.05) is 25.7 Å². The fraction of sp³-hybridized carbons (Fsp3) is 0.682. The van der Waals surface area contributed by atoms with Gasteiger partial charge < -0.3 is 24.5 Å². The van der Waals surface area contributed by atoms with Crippen LogP contribution in [0.3, 0.4) is 0 Å². The van der Waals surface area contributed by atoms with Crippen LogP contribution in [0.25, 0.3) is 11.2 Å². The van der Waals surface area contributed by atoms with Crippen LogP contribution in [0.5, 0.6) is 0 Å². The second-order valence-corrected chi connectivity index (χ2v) is 11.9. The van der Waals surface area contributed by atoms with E-state index >= 15 is 0 Å². The van der Waals surface area contributed by atoms with E-state index in [4.69, 9.17) is 29.0 Å². The van der Waals surface area contributed by atoms with Gasteiger partial charge in [-0.15, -0.1) is 0 Å². The van der Waals surface area contributed by atoms with Gasteiger partial charge in [0.25, 0.3) is 0 Å². The highest BCUT2D eigenvalue weighted by atomic mass is 31.2. The molecular weight excluding hydrogens is 493 g/mol. The number of imidazole rings is 1.